The summed E-state index contributed by atoms with van der Waals surface area (Å²) < 4.78 is 42.0. The number of carbonyl (C=O) groups excluding carboxylic acids is 2. The van der Waals surface area contributed by atoms with Crippen molar-refractivity contribution in [3.05, 3.63) is 78.3 Å². The highest BCUT2D eigenvalue weighted by molar-refractivity contribution is 7.91. The van der Waals surface area contributed by atoms with Crippen LogP contribution >= 0.6 is 0 Å². The number of hydrogen-bond acceptors (Lipinski definition) is 7. The predicted molar refractivity (Wildman–Crippen MR) is 112 cm³/mol. The van der Waals surface area contributed by atoms with E-state index in [1.807, 2.05) is 0 Å². The number of nitrogens with one attached hydrogen (secondary N) is 2. The van der Waals surface area contributed by atoms with Gasteiger partial charge in [-0.2, -0.15) is 0 Å². The molecule has 0 saturated carbocycles. The van der Waals surface area contributed by atoms with E-state index in [0.29, 0.717) is 11.5 Å². The first kappa shape index (κ1) is 21.4. The lowest BCUT2D eigenvalue weighted by Gasteiger charge is -2.16. The highest BCUT2D eigenvalue weighted by Gasteiger charge is 2.32. The molecule has 4 rings (SSSR count). The second-order valence-corrected chi connectivity index (χ2v) is 9.07. The van der Waals surface area contributed by atoms with Gasteiger partial charge in [0.15, 0.2) is 21.3 Å². The van der Waals surface area contributed by atoms with Crippen LogP contribution in [0.5, 0.6) is 11.5 Å². The van der Waals surface area contributed by atoms with Crippen LogP contribution in [0.3, 0.4) is 0 Å². The van der Waals surface area contributed by atoms with Gasteiger partial charge < -0.3 is 24.5 Å². The Hall–Kier alpha value is -3.79. The number of carbonyl (C=O) groups is 2. The topological polar surface area (TPSA) is 124 Å². The summed E-state index contributed by atoms with van der Waals surface area (Å²) in [6.07, 6.45) is 1.35. The molecule has 0 fully saturated rings. The largest absolute Gasteiger partial charge is 0.468 e. The number of amides is 2. The summed E-state index contributed by atoms with van der Waals surface area (Å²) in [6.45, 7) is -0.107. The first-order valence-electron chi connectivity index (χ1n) is 9.72. The van der Waals surface area contributed by atoms with Crippen molar-refractivity contribution < 1.29 is 31.9 Å². The molecule has 1 unspecified atom stereocenters. The number of hydrogen-bond donors (Lipinski definition) is 2. The maximum Gasteiger partial charge on any atom is 0.309 e. The Morgan fingerprint density at radius 1 is 0.906 bits per heavy atom. The molecule has 0 radical (unpaired) electrons. The van der Waals surface area contributed by atoms with Crippen molar-refractivity contribution in [3.63, 3.8) is 0 Å². The van der Waals surface area contributed by atoms with Gasteiger partial charge in [0, 0.05) is 13.1 Å². The van der Waals surface area contributed by atoms with Crippen LogP contribution in [-0.4, -0.2) is 33.6 Å². The molecule has 9 nitrogen and oxygen atoms in total. The SMILES string of the molecule is O=C(NCc1ccc2c(c1)OCO2)C(=O)NCC(c1ccco1)S(=O)(=O)c1ccccc1. The van der Waals surface area contributed by atoms with Crippen LogP contribution < -0.4 is 20.1 Å². The Kier molecular flexibility index (Phi) is 6.13. The molecule has 3 aromatic rings. The smallest absolute Gasteiger partial charge is 0.309 e. The van der Waals surface area contributed by atoms with Crippen molar-refractivity contribution in [3.8, 4) is 11.5 Å². The van der Waals surface area contributed by atoms with E-state index in [-0.39, 0.29) is 30.5 Å². The van der Waals surface area contributed by atoms with Crippen molar-refractivity contribution in [1.82, 2.24) is 10.6 Å². The van der Waals surface area contributed by atoms with Crippen molar-refractivity contribution in [2.75, 3.05) is 13.3 Å². The summed E-state index contributed by atoms with van der Waals surface area (Å²) in [4.78, 5) is 24.6. The predicted octanol–water partition coefficient (Wildman–Crippen LogP) is 1.96. The Morgan fingerprint density at radius 2 is 1.66 bits per heavy atom. The Bertz CT molecular complexity index is 1210. The van der Waals surface area contributed by atoms with Gasteiger partial charge in [-0.15, -0.1) is 0 Å². The summed E-state index contributed by atoms with van der Waals surface area (Å²) in [5, 5.41) is 3.70. The van der Waals surface area contributed by atoms with Gasteiger partial charge in [-0.1, -0.05) is 24.3 Å². The highest BCUT2D eigenvalue weighted by atomic mass is 32.2. The van der Waals surface area contributed by atoms with Crippen molar-refractivity contribution in [2.45, 2.75) is 16.7 Å². The average molecular weight is 456 g/mol. The van der Waals surface area contributed by atoms with E-state index < -0.39 is 26.9 Å². The molecule has 1 atom stereocenters. The second kappa shape index (κ2) is 9.15. The van der Waals surface area contributed by atoms with Gasteiger partial charge in [-0.25, -0.2) is 8.42 Å². The van der Waals surface area contributed by atoms with Crippen LogP contribution in [0.1, 0.15) is 16.6 Å². The fraction of sp³-hybridized carbons (Fsp3) is 0.182. The monoisotopic (exact) mass is 456 g/mol. The fourth-order valence-electron chi connectivity index (χ4n) is 3.19. The zero-order chi connectivity index (χ0) is 22.6. The number of fused-ring (bicyclic) bond motifs is 1. The molecule has 1 aliphatic heterocycles. The molecule has 10 heteroatoms. The number of benzene rings is 2. The lowest BCUT2D eigenvalue weighted by atomic mass is 10.2. The van der Waals surface area contributed by atoms with E-state index in [0.717, 1.165) is 5.56 Å². The average Bonchev–Trinajstić information content (AvgIpc) is 3.49. The van der Waals surface area contributed by atoms with Gasteiger partial charge in [0.2, 0.25) is 6.79 Å². The minimum absolute atomic E-state index is 0.0860. The van der Waals surface area contributed by atoms with Gasteiger partial charge in [0.1, 0.15) is 11.0 Å². The molecule has 2 aromatic carbocycles. The van der Waals surface area contributed by atoms with Crippen LogP contribution in [0.4, 0.5) is 0 Å². The summed E-state index contributed by atoms with van der Waals surface area (Å²) in [5.41, 5.74) is 0.718. The number of rotatable bonds is 7. The summed E-state index contributed by atoms with van der Waals surface area (Å²) in [7, 11) is -3.87. The van der Waals surface area contributed by atoms with E-state index in [2.05, 4.69) is 10.6 Å². The van der Waals surface area contributed by atoms with Crippen molar-refractivity contribution >= 4 is 21.7 Å². The standard InChI is InChI=1S/C22H20N2O7S/c25-21(23-12-15-8-9-17-19(11-15)31-14-30-17)22(26)24-13-20(18-7-4-10-29-18)32(27,28)16-5-2-1-3-6-16/h1-11,20H,12-14H2,(H,23,25)(H,24,26). The maximum atomic E-state index is 13.1. The van der Waals surface area contributed by atoms with E-state index in [9.17, 15) is 18.0 Å². The normalized spacial score (nSPS) is 13.4. The third kappa shape index (κ3) is 4.59. The van der Waals surface area contributed by atoms with E-state index in [1.54, 1.807) is 42.5 Å². The molecule has 1 aromatic heterocycles. The zero-order valence-corrected chi connectivity index (χ0v) is 17.6. The van der Waals surface area contributed by atoms with Gasteiger partial charge >= 0.3 is 11.8 Å². The summed E-state index contributed by atoms with van der Waals surface area (Å²) in [6, 6.07) is 16.1. The number of sulfone groups is 1. The first-order valence-corrected chi connectivity index (χ1v) is 11.3. The van der Waals surface area contributed by atoms with Crippen LogP contribution in [-0.2, 0) is 26.0 Å². The van der Waals surface area contributed by atoms with Gasteiger partial charge in [0.05, 0.1) is 11.2 Å². The number of furan rings is 1. The molecule has 32 heavy (non-hydrogen) atoms. The third-order valence-corrected chi connectivity index (χ3v) is 6.93. The van der Waals surface area contributed by atoms with Crippen LogP contribution in [0.15, 0.2) is 76.2 Å². The Morgan fingerprint density at radius 3 is 2.41 bits per heavy atom. The summed E-state index contributed by atoms with van der Waals surface area (Å²) in [5.74, 6) is -0.506. The number of ether oxygens (including phenoxy) is 2. The molecular formula is C22H20N2O7S. The second-order valence-electron chi connectivity index (χ2n) is 6.94. The molecule has 0 spiro atoms. The van der Waals surface area contributed by atoms with Crippen LogP contribution in [0.2, 0.25) is 0 Å². The molecule has 0 saturated heterocycles. The summed E-state index contributed by atoms with van der Waals surface area (Å²) >= 11 is 0. The van der Waals surface area contributed by atoms with Crippen molar-refractivity contribution in [1.29, 1.82) is 0 Å². The van der Waals surface area contributed by atoms with E-state index in [4.69, 9.17) is 13.9 Å². The molecule has 0 bridgehead atoms. The van der Waals surface area contributed by atoms with Gasteiger partial charge in [-0.05, 0) is 42.0 Å². The van der Waals surface area contributed by atoms with E-state index >= 15 is 0 Å². The van der Waals surface area contributed by atoms with Crippen LogP contribution in [0.25, 0.3) is 0 Å². The fourth-order valence-corrected chi connectivity index (χ4v) is 4.80. The van der Waals surface area contributed by atoms with Gasteiger partial charge in [0.25, 0.3) is 0 Å². The quantitative estimate of drug-likeness (QED) is 0.521. The first-order chi connectivity index (χ1) is 15.4. The van der Waals surface area contributed by atoms with Gasteiger partial charge in [-0.3, -0.25) is 9.59 Å². The molecule has 2 heterocycles. The molecule has 1 aliphatic rings. The lowest BCUT2D eigenvalue weighted by Crippen LogP contribution is -2.42. The maximum absolute atomic E-state index is 13.1. The Balaban J connectivity index is 1.39. The molecule has 2 N–H and O–H groups in total. The minimum Gasteiger partial charge on any atom is -0.468 e. The Labute approximate surface area is 184 Å². The zero-order valence-electron chi connectivity index (χ0n) is 16.8. The van der Waals surface area contributed by atoms with Crippen LogP contribution in [0, 0.1) is 0 Å². The molecule has 2 amide bonds. The lowest BCUT2D eigenvalue weighted by molar-refractivity contribution is -0.139. The highest BCUT2D eigenvalue weighted by Crippen LogP contribution is 2.32. The minimum atomic E-state index is -3.87. The third-order valence-electron chi connectivity index (χ3n) is 4.85. The van der Waals surface area contributed by atoms with Crippen molar-refractivity contribution in [2.24, 2.45) is 0 Å². The molecular weight excluding hydrogens is 436 g/mol. The molecule has 166 valence electrons. The van der Waals surface area contributed by atoms with E-state index in [1.165, 1.54) is 24.5 Å². The molecule has 0 aliphatic carbocycles.